The van der Waals surface area contributed by atoms with Crippen molar-refractivity contribution in [1.82, 2.24) is 0 Å². The molecule has 26 heavy (non-hydrogen) atoms. The fraction of sp³-hybridized carbons (Fsp3) is 0.188. The number of phenols is 1. The Balaban J connectivity index is 0. The van der Waals surface area contributed by atoms with Gasteiger partial charge in [-0.2, -0.15) is 0 Å². The van der Waals surface area contributed by atoms with Gasteiger partial charge in [-0.15, -0.1) is 0 Å². The Morgan fingerprint density at radius 2 is 1.69 bits per heavy atom. The number of halogens is 3. The van der Waals surface area contributed by atoms with Crippen molar-refractivity contribution in [2.45, 2.75) is 19.9 Å². The Labute approximate surface area is 215 Å². The van der Waals surface area contributed by atoms with E-state index in [0.717, 1.165) is 12.7 Å². The number of carbonyl (C=O) groups excluding carboxylic acids is 1. The third kappa shape index (κ3) is 7.93. The third-order valence-electron chi connectivity index (χ3n) is 2.96. The first-order valence-corrected chi connectivity index (χ1v) is 9.62. The summed E-state index contributed by atoms with van der Waals surface area (Å²) in [6.07, 6.45) is 0.200. The standard InChI is InChI=1S/C15H12I3NO4.CH4.Na.H2O/c16-9-6-8(1-2-13(9)20)23-14-10(17)3-7(4-11(14)18)5-12(19)15(21)22;;;/h1-4,6,12,20H,5,19H2,(H,21,22);1H4;;1H2/q;;+1;/p-1/t12-;;;/m0.../s1. The van der Waals surface area contributed by atoms with E-state index in [1.807, 2.05) is 34.7 Å². The van der Waals surface area contributed by atoms with Gasteiger partial charge in [0.15, 0.2) is 5.75 Å². The molecule has 0 aliphatic rings. The number of hydrogen-bond donors (Lipinski definition) is 2. The molecule has 0 aliphatic carbocycles. The Bertz CT molecular complexity index is 738. The zero-order valence-electron chi connectivity index (χ0n) is 13.1. The maximum Gasteiger partial charge on any atom is 1.00 e. The number of carboxylic acids is 1. The molecule has 6 nitrogen and oxygen atoms in total. The van der Waals surface area contributed by atoms with Gasteiger partial charge >= 0.3 is 29.6 Å². The first kappa shape index (κ1) is 28.8. The number of nitrogens with two attached hydrogens (primary N) is 1. The fourth-order valence-corrected chi connectivity index (χ4v) is 4.44. The van der Waals surface area contributed by atoms with Gasteiger partial charge in [-0.1, -0.05) is 7.43 Å². The van der Waals surface area contributed by atoms with Gasteiger partial charge in [0.05, 0.1) is 16.7 Å². The molecular formula is C16H17I3NNaO5. The van der Waals surface area contributed by atoms with Gasteiger partial charge in [0.2, 0.25) is 0 Å². The topological polar surface area (TPSA) is 127 Å². The SMILES string of the molecule is C.N[C@@H](Cc1cc(I)c(Oc2ccc(O)c(I)c2)c(I)c1)C(=O)[O-].O.[Na+]. The predicted octanol–water partition coefficient (Wildman–Crippen LogP) is -0.567. The summed E-state index contributed by atoms with van der Waals surface area (Å²) in [5.41, 5.74) is 6.33. The van der Waals surface area contributed by atoms with E-state index in [1.165, 1.54) is 0 Å². The van der Waals surface area contributed by atoms with E-state index in [9.17, 15) is 15.0 Å². The molecule has 2 rings (SSSR count). The third-order valence-corrected chi connectivity index (χ3v) is 5.42. The van der Waals surface area contributed by atoms with Gasteiger partial charge in [-0.05, 0) is 110 Å². The van der Waals surface area contributed by atoms with Crippen molar-refractivity contribution < 1.29 is 54.8 Å². The van der Waals surface area contributed by atoms with Crippen LogP contribution in [-0.2, 0) is 11.2 Å². The molecule has 0 amide bonds. The number of benzene rings is 2. The average molecular weight is 707 g/mol. The van der Waals surface area contributed by atoms with Crippen LogP contribution in [0.2, 0.25) is 0 Å². The van der Waals surface area contributed by atoms with Gasteiger partial charge in [0.1, 0.15) is 11.5 Å². The fourth-order valence-electron chi connectivity index (χ4n) is 1.83. The zero-order chi connectivity index (χ0) is 17.1. The molecule has 138 valence electrons. The number of rotatable bonds is 5. The molecule has 0 bridgehead atoms. The molecule has 0 saturated heterocycles. The summed E-state index contributed by atoms with van der Waals surface area (Å²) in [4.78, 5) is 10.8. The average Bonchev–Trinajstić information content (AvgIpc) is 2.46. The molecule has 1 atom stereocenters. The van der Waals surface area contributed by atoms with Crippen LogP contribution in [-0.4, -0.2) is 22.6 Å². The summed E-state index contributed by atoms with van der Waals surface area (Å²) in [5.74, 6) is 0.226. The molecule has 0 heterocycles. The number of hydrogen-bond acceptors (Lipinski definition) is 5. The van der Waals surface area contributed by atoms with Crippen LogP contribution < -0.4 is 45.1 Å². The van der Waals surface area contributed by atoms with Crippen molar-refractivity contribution in [2.24, 2.45) is 5.73 Å². The van der Waals surface area contributed by atoms with Gasteiger partial charge in [0.25, 0.3) is 0 Å². The first-order chi connectivity index (χ1) is 10.8. The second kappa shape index (κ2) is 13.0. The van der Waals surface area contributed by atoms with Crippen LogP contribution in [0.5, 0.6) is 17.2 Å². The monoisotopic (exact) mass is 707 g/mol. The number of carbonyl (C=O) groups is 1. The first-order valence-electron chi connectivity index (χ1n) is 6.38. The summed E-state index contributed by atoms with van der Waals surface area (Å²) < 4.78 is 8.28. The van der Waals surface area contributed by atoms with E-state index in [1.54, 1.807) is 18.2 Å². The summed E-state index contributed by atoms with van der Waals surface area (Å²) in [5, 5.41) is 20.3. The Morgan fingerprint density at radius 3 is 2.15 bits per heavy atom. The van der Waals surface area contributed by atoms with Crippen LogP contribution in [0.4, 0.5) is 0 Å². The van der Waals surface area contributed by atoms with Crippen LogP contribution in [0, 0.1) is 10.7 Å². The molecule has 0 fully saturated rings. The zero-order valence-corrected chi connectivity index (χ0v) is 21.5. The number of phenolic OH excluding ortho intramolecular Hbond substituents is 1. The van der Waals surface area contributed by atoms with Crippen molar-refractivity contribution in [3.63, 3.8) is 0 Å². The molecule has 0 radical (unpaired) electrons. The largest absolute Gasteiger partial charge is 1.00 e. The van der Waals surface area contributed by atoms with E-state index >= 15 is 0 Å². The van der Waals surface area contributed by atoms with Crippen molar-refractivity contribution >= 4 is 73.7 Å². The van der Waals surface area contributed by atoms with E-state index in [-0.39, 0.29) is 54.6 Å². The normalized spacial score (nSPS) is 10.6. The number of carboxylic acid groups (broad SMARTS) is 1. The number of aromatic hydroxyl groups is 1. The molecule has 10 heteroatoms. The minimum Gasteiger partial charge on any atom is -0.548 e. The second-order valence-electron chi connectivity index (χ2n) is 4.73. The van der Waals surface area contributed by atoms with Gasteiger partial charge in [0, 0.05) is 6.04 Å². The van der Waals surface area contributed by atoms with E-state index in [0.29, 0.717) is 15.1 Å². The Hall–Kier alpha value is 0.620. The van der Waals surface area contributed by atoms with Crippen molar-refractivity contribution in [2.75, 3.05) is 0 Å². The van der Waals surface area contributed by atoms with Crippen LogP contribution >= 0.6 is 67.8 Å². The molecule has 5 N–H and O–H groups in total. The molecule has 2 aromatic carbocycles. The van der Waals surface area contributed by atoms with Crippen LogP contribution in [0.15, 0.2) is 30.3 Å². The van der Waals surface area contributed by atoms with Gasteiger partial charge < -0.3 is 31.0 Å². The predicted molar refractivity (Wildman–Crippen MR) is 120 cm³/mol. The molecule has 2 aromatic rings. The smallest absolute Gasteiger partial charge is 0.548 e. The minimum atomic E-state index is -1.27. The molecule has 0 saturated carbocycles. The van der Waals surface area contributed by atoms with Crippen LogP contribution in [0.3, 0.4) is 0 Å². The Kier molecular flexibility index (Phi) is 14.4. The number of aliphatic carboxylic acids is 1. The van der Waals surface area contributed by atoms with E-state index in [2.05, 4.69) is 45.2 Å². The van der Waals surface area contributed by atoms with Crippen LogP contribution in [0.25, 0.3) is 0 Å². The maximum atomic E-state index is 10.8. The molecule has 0 aliphatic heterocycles. The molecule has 0 aromatic heterocycles. The van der Waals surface area contributed by atoms with Crippen molar-refractivity contribution in [3.05, 3.63) is 46.6 Å². The minimum absolute atomic E-state index is 0. The van der Waals surface area contributed by atoms with Crippen molar-refractivity contribution in [3.8, 4) is 17.2 Å². The molecular weight excluding hydrogens is 690 g/mol. The summed E-state index contributed by atoms with van der Waals surface area (Å²) in [6.45, 7) is 0. The maximum absolute atomic E-state index is 10.8. The summed E-state index contributed by atoms with van der Waals surface area (Å²) >= 11 is 6.29. The summed E-state index contributed by atoms with van der Waals surface area (Å²) in [6, 6.07) is 7.64. The summed E-state index contributed by atoms with van der Waals surface area (Å²) in [7, 11) is 0. The van der Waals surface area contributed by atoms with Crippen molar-refractivity contribution in [1.29, 1.82) is 0 Å². The molecule has 0 unspecified atom stereocenters. The van der Waals surface area contributed by atoms with E-state index < -0.39 is 12.0 Å². The van der Waals surface area contributed by atoms with E-state index in [4.69, 9.17) is 10.5 Å². The van der Waals surface area contributed by atoms with Gasteiger partial charge in [-0.3, -0.25) is 0 Å². The molecule has 0 spiro atoms. The Morgan fingerprint density at radius 1 is 1.15 bits per heavy atom. The number of ether oxygens (including phenoxy) is 1. The quantitative estimate of drug-likeness (QED) is 0.319. The van der Waals surface area contributed by atoms with Gasteiger partial charge in [-0.25, -0.2) is 0 Å². The second-order valence-corrected chi connectivity index (χ2v) is 8.22. The van der Waals surface area contributed by atoms with Crippen LogP contribution in [0.1, 0.15) is 13.0 Å².